The number of ether oxygens (including phenoxy) is 1. The monoisotopic (exact) mass is 516 g/mol. The second kappa shape index (κ2) is 9.09. The third-order valence-corrected chi connectivity index (χ3v) is 8.08. The Labute approximate surface area is 226 Å². The van der Waals surface area contributed by atoms with Gasteiger partial charge >= 0.3 is 0 Å². The molecule has 0 spiro atoms. The molecule has 1 saturated carbocycles. The topological polar surface area (TPSA) is 109 Å². The van der Waals surface area contributed by atoms with E-state index in [0.29, 0.717) is 23.5 Å². The van der Waals surface area contributed by atoms with Crippen LogP contribution >= 0.6 is 0 Å². The van der Waals surface area contributed by atoms with Crippen LogP contribution in [-0.2, 0) is 6.54 Å². The van der Waals surface area contributed by atoms with Gasteiger partial charge in [-0.2, -0.15) is 10.4 Å². The number of piperazine rings is 1. The number of nitriles is 1. The molecule has 194 valence electrons. The predicted octanol–water partition coefficient (Wildman–Crippen LogP) is 2.98. The zero-order valence-corrected chi connectivity index (χ0v) is 21.7. The number of methoxy groups -OCH3 is 1. The summed E-state index contributed by atoms with van der Waals surface area (Å²) >= 11 is 0. The van der Waals surface area contributed by atoms with Gasteiger partial charge in [-0.25, -0.2) is 14.5 Å². The Morgan fingerprint density at radius 1 is 1.10 bits per heavy atom. The second-order valence-corrected chi connectivity index (χ2v) is 10.7. The van der Waals surface area contributed by atoms with Crippen LogP contribution in [0.25, 0.3) is 16.6 Å². The molecule has 7 heterocycles. The fraction of sp³-hybridized carbons (Fsp3) is 0.333. The lowest BCUT2D eigenvalue weighted by atomic mass is 9.87. The molecule has 3 saturated heterocycles. The first kappa shape index (κ1) is 23.7. The van der Waals surface area contributed by atoms with Crippen molar-refractivity contribution >= 4 is 11.3 Å². The first-order valence-electron chi connectivity index (χ1n) is 13.2. The van der Waals surface area contributed by atoms with E-state index in [2.05, 4.69) is 56.0 Å². The van der Waals surface area contributed by atoms with Gasteiger partial charge in [-0.05, 0) is 43.0 Å². The molecule has 4 aromatic heterocycles. The van der Waals surface area contributed by atoms with Crippen LogP contribution < -0.4 is 15.4 Å². The molecule has 0 amide bonds. The smallest absolute Gasteiger partial charge is 0.212 e. The summed E-state index contributed by atoms with van der Waals surface area (Å²) in [6, 6.07) is 13.4. The summed E-state index contributed by atoms with van der Waals surface area (Å²) in [5.41, 5.74) is 10.9. The third kappa shape index (κ3) is 4.36. The van der Waals surface area contributed by atoms with Crippen molar-refractivity contribution in [2.75, 3.05) is 25.1 Å². The van der Waals surface area contributed by atoms with E-state index in [1.165, 1.54) is 12.0 Å². The predicted molar refractivity (Wildman–Crippen MR) is 147 cm³/mol. The molecule has 1 aliphatic carbocycles. The molecule has 4 fully saturated rings. The van der Waals surface area contributed by atoms with Gasteiger partial charge in [0, 0.05) is 73.1 Å². The molecule has 2 unspecified atom stereocenters. The Hall–Kier alpha value is -4.44. The van der Waals surface area contributed by atoms with Crippen molar-refractivity contribution in [1.29, 1.82) is 5.26 Å². The van der Waals surface area contributed by atoms with Gasteiger partial charge in [-0.1, -0.05) is 17.9 Å². The minimum absolute atomic E-state index is 0.365. The number of anilines is 1. The molecule has 4 aromatic rings. The number of pyridine rings is 3. The summed E-state index contributed by atoms with van der Waals surface area (Å²) in [5, 5.41) is 14.1. The number of aromatic nitrogens is 4. The number of nitrogens with two attached hydrogens (primary N) is 1. The van der Waals surface area contributed by atoms with Crippen LogP contribution in [0.15, 0.2) is 55.1 Å². The molecular formula is C30H28N8O. The van der Waals surface area contributed by atoms with Crippen molar-refractivity contribution in [3.05, 3.63) is 71.8 Å². The van der Waals surface area contributed by atoms with Crippen molar-refractivity contribution in [3.63, 3.8) is 0 Å². The van der Waals surface area contributed by atoms with Gasteiger partial charge in [0.25, 0.3) is 0 Å². The molecule has 3 aliphatic heterocycles. The maximum Gasteiger partial charge on any atom is 0.212 e. The normalized spacial score (nSPS) is 21.0. The number of rotatable bonds is 5. The van der Waals surface area contributed by atoms with E-state index in [1.807, 2.05) is 30.7 Å². The highest BCUT2D eigenvalue weighted by atomic mass is 16.5. The van der Waals surface area contributed by atoms with E-state index in [1.54, 1.807) is 17.8 Å². The lowest BCUT2D eigenvalue weighted by molar-refractivity contribution is -0.00876. The van der Waals surface area contributed by atoms with E-state index in [9.17, 15) is 5.26 Å². The van der Waals surface area contributed by atoms with Gasteiger partial charge in [0.15, 0.2) is 0 Å². The molecule has 0 radical (unpaired) electrons. The van der Waals surface area contributed by atoms with Gasteiger partial charge in [-0.15, -0.1) is 0 Å². The van der Waals surface area contributed by atoms with Crippen LogP contribution in [0.3, 0.4) is 0 Å². The van der Waals surface area contributed by atoms with E-state index in [0.717, 1.165) is 60.5 Å². The molecule has 2 N–H and O–H groups in total. The maximum absolute atomic E-state index is 9.68. The maximum atomic E-state index is 9.68. The molecular weight excluding hydrogens is 488 g/mol. The summed E-state index contributed by atoms with van der Waals surface area (Å²) in [7, 11) is 1.64. The number of nitrogens with zero attached hydrogens (tertiary/aromatic N) is 7. The Morgan fingerprint density at radius 3 is 2.62 bits per heavy atom. The average Bonchev–Trinajstić information content (AvgIpc) is 3.58. The summed E-state index contributed by atoms with van der Waals surface area (Å²) in [4.78, 5) is 14.1. The molecule has 2 bridgehead atoms. The molecule has 9 nitrogen and oxygen atoms in total. The van der Waals surface area contributed by atoms with E-state index in [4.69, 9.17) is 15.5 Å². The van der Waals surface area contributed by atoms with Gasteiger partial charge in [-0.3, -0.25) is 4.90 Å². The highest BCUT2D eigenvalue weighted by Crippen LogP contribution is 2.36. The number of fused-ring (bicyclic) bond motifs is 3. The quantitative estimate of drug-likeness (QED) is 0.404. The van der Waals surface area contributed by atoms with Gasteiger partial charge in [0.05, 0.1) is 29.9 Å². The summed E-state index contributed by atoms with van der Waals surface area (Å²) in [6.45, 7) is 2.80. The van der Waals surface area contributed by atoms with Crippen LogP contribution in [0, 0.1) is 23.2 Å². The fourth-order valence-corrected chi connectivity index (χ4v) is 5.65. The third-order valence-electron chi connectivity index (χ3n) is 8.08. The average molecular weight is 517 g/mol. The standard InChI is InChI=1S/C30H28N8O/c1-39-28-5-2-21(13-34-28)16-37-24-11-25(37)19-36(18-24)27-4-3-22(14-33-27)26-10-20(6-7-30(32)8-9-30)17-38-29(26)23(12-31)15-35-38/h2-5,10,13-15,17,24-25H,8-9,11,16,18-19,32H2,1H3. The first-order chi connectivity index (χ1) is 19.0. The molecule has 2 atom stereocenters. The summed E-state index contributed by atoms with van der Waals surface area (Å²) < 4.78 is 6.91. The lowest BCUT2D eigenvalue weighted by Crippen LogP contribution is -2.68. The minimum Gasteiger partial charge on any atom is -0.481 e. The van der Waals surface area contributed by atoms with Crippen LogP contribution in [0.2, 0.25) is 0 Å². The highest BCUT2D eigenvalue weighted by molar-refractivity contribution is 5.85. The molecule has 4 aliphatic rings. The first-order valence-corrected chi connectivity index (χ1v) is 13.2. The van der Waals surface area contributed by atoms with Crippen LogP contribution in [0.1, 0.15) is 36.0 Å². The zero-order chi connectivity index (χ0) is 26.6. The van der Waals surface area contributed by atoms with E-state index in [-0.39, 0.29) is 5.54 Å². The summed E-state index contributed by atoms with van der Waals surface area (Å²) in [6.07, 6.45) is 10.3. The van der Waals surface area contributed by atoms with Gasteiger partial charge < -0.3 is 15.4 Å². The van der Waals surface area contributed by atoms with Gasteiger partial charge in [0.2, 0.25) is 5.88 Å². The molecule has 0 aromatic carbocycles. The fourth-order valence-electron chi connectivity index (χ4n) is 5.65. The Balaban J connectivity index is 1.11. The lowest BCUT2D eigenvalue weighted by Gasteiger charge is -2.56. The molecule has 39 heavy (non-hydrogen) atoms. The summed E-state index contributed by atoms with van der Waals surface area (Å²) in [5.74, 6) is 8.01. The second-order valence-electron chi connectivity index (χ2n) is 10.7. The Morgan fingerprint density at radius 2 is 1.95 bits per heavy atom. The van der Waals surface area contributed by atoms with Crippen LogP contribution in [-0.4, -0.2) is 62.3 Å². The Kier molecular flexibility index (Phi) is 5.52. The Bertz CT molecular complexity index is 1640. The minimum atomic E-state index is -0.365. The largest absolute Gasteiger partial charge is 0.481 e. The van der Waals surface area contributed by atoms with E-state index >= 15 is 0 Å². The van der Waals surface area contributed by atoms with Crippen molar-refractivity contribution in [3.8, 4) is 34.9 Å². The SMILES string of the molecule is COc1ccc(CN2C3CC2CN(c2ccc(-c4cc(C#CC5(N)CC5)cn5ncc(C#N)c45)cn2)C3)cn1. The number of piperidine rings is 1. The van der Waals surface area contributed by atoms with Crippen molar-refractivity contribution in [2.24, 2.45) is 5.73 Å². The molecule has 9 heteroatoms. The van der Waals surface area contributed by atoms with Crippen LogP contribution in [0.5, 0.6) is 5.88 Å². The number of hydrogen-bond donors (Lipinski definition) is 1. The molecule has 8 rings (SSSR count). The number of hydrogen-bond acceptors (Lipinski definition) is 8. The van der Waals surface area contributed by atoms with Crippen LogP contribution in [0.4, 0.5) is 5.82 Å². The van der Waals surface area contributed by atoms with Crippen molar-refractivity contribution in [1.82, 2.24) is 24.5 Å². The van der Waals surface area contributed by atoms with E-state index < -0.39 is 0 Å². The highest BCUT2D eigenvalue weighted by Gasteiger charge is 2.44. The van der Waals surface area contributed by atoms with Gasteiger partial charge in [0.1, 0.15) is 11.9 Å². The van der Waals surface area contributed by atoms with Crippen molar-refractivity contribution < 1.29 is 4.74 Å². The zero-order valence-electron chi connectivity index (χ0n) is 21.7. The van der Waals surface area contributed by atoms with Crippen molar-refractivity contribution in [2.45, 2.75) is 43.4 Å².